The van der Waals surface area contributed by atoms with Gasteiger partial charge in [0.15, 0.2) is 17.2 Å². The fraction of sp³-hybridized carbons (Fsp3) is 0.0588. The van der Waals surface area contributed by atoms with E-state index in [0.717, 1.165) is 6.07 Å². The summed E-state index contributed by atoms with van der Waals surface area (Å²) in [7, 11) is -18.7. The summed E-state index contributed by atoms with van der Waals surface area (Å²) in [6, 6.07) is 11.5. The fourth-order valence-corrected chi connectivity index (χ4v) is 8.28. The lowest BCUT2D eigenvalue weighted by atomic mass is 10.1. The third-order valence-electron chi connectivity index (χ3n) is 8.71. The van der Waals surface area contributed by atoms with Gasteiger partial charge in [0.25, 0.3) is 5.69 Å². The van der Waals surface area contributed by atoms with Gasteiger partial charge in [-0.3, -0.25) is 5.21 Å². The predicted molar refractivity (Wildman–Crippen MR) is 210 cm³/mol. The molecule has 6 rings (SSSR count). The van der Waals surface area contributed by atoms with Crippen LogP contribution in [0.3, 0.4) is 0 Å². The highest BCUT2D eigenvalue weighted by Gasteiger charge is 2.23. The van der Waals surface area contributed by atoms with E-state index in [2.05, 4.69) is 25.6 Å². The fourth-order valence-electron chi connectivity index (χ4n) is 5.90. The number of anilines is 2. The SMILES string of the molecule is COc1cc(N=[N+](O)c2ccc(N=Nc3c(S(=O)(=O)[O-])cc4cc(S(=O)(=O)[O-])cc(N)c4c3O)c(OC)c2)ccc1N=Nc1c(S(=O)(=O)[O-])cc2cc(S(=O)(=O)[O-])cc(N)c2c1O. The molecular weight excluding hydrogens is 921 g/mol. The van der Waals surface area contributed by atoms with Crippen LogP contribution in [0.5, 0.6) is 23.0 Å². The van der Waals surface area contributed by atoms with Crippen LogP contribution < -0.4 is 20.9 Å². The molecule has 6 aromatic carbocycles. The molecular formula is C34H25N8O17S4-3. The molecule has 29 heteroatoms. The van der Waals surface area contributed by atoms with Crippen LogP contribution in [0, 0.1) is 0 Å². The standard InChI is InChI=1S/C34H28N8O17S4/c1-58-25-11-17(3-5-23(25)37-39-31-27(62(52,53)54)9-15-7-19(60(46,47)48)13-21(35)29(15)33(31)43)41-42(45)18-4-6-24(26(12-18)59-2)38-40-32-28(63(55,56)57)10-16-8-20(61(49,50)51)14-22(36)30(16)34(32)44/h3-14,45H,1-2H3,(H9,35,36,38,43,44,46,47,48,49,50,51,52,53,54,55,56,57)/p-3. The summed E-state index contributed by atoms with van der Waals surface area (Å²) in [5, 5.41) is 50.5. The van der Waals surface area contributed by atoms with Crippen molar-refractivity contribution in [2.75, 3.05) is 25.7 Å². The number of ether oxygens (including phenoxy) is 2. The van der Waals surface area contributed by atoms with Crippen LogP contribution in [0.4, 0.5) is 45.5 Å². The number of phenolic OH excluding ortho intramolecular Hbond substituents is 2. The number of nitrogen functional groups attached to an aromatic ring is 2. The smallest absolute Gasteiger partial charge is 0.293 e. The van der Waals surface area contributed by atoms with Crippen molar-refractivity contribution in [1.82, 2.24) is 0 Å². The van der Waals surface area contributed by atoms with E-state index in [0.29, 0.717) is 35.2 Å². The van der Waals surface area contributed by atoms with Crippen molar-refractivity contribution in [3.8, 4) is 23.0 Å². The van der Waals surface area contributed by atoms with Crippen LogP contribution >= 0.6 is 0 Å². The molecule has 0 aliphatic carbocycles. The molecule has 0 bridgehead atoms. The van der Waals surface area contributed by atoms with Gasteiger partial charge in [-0.25, -0.2) is 33.7 Å². The Hall–Kier alpha value is -7.12. The molecule has 0 heterocycles. The van der Waals surface area contributed by atoms with Gasteiger partial charge >= 0.3 is 0 Å². The summed E-state index contributed by atoms with van der Waals surface area (Å²) in [6.07, 6.45) is 0. The molecule has 0 radical (unpaired) electrons. The average molecular weight is 946 g/mol. The summed E-state index contributed by atoms with van der Waals surface area (Å²) in [4.78, 5) is -3.66. The number of aromatic hydroxyl groups is 2. The number of fused-ring (bicyclic) bond motifs is 2. The first-order chi connectivity index (χ1) is 29.2. The average Bonchev–Trinajstić information content (AvgIpc) is 3.18. The van der Waals surface area contributed by atoms with Crippen LogP contribution in [0.15, 0.2) is 118 Å². The van der Waals surface area contributed by atoms with Crippen LogP contribution in [0.1, 0.15) is 0 Å². The van der Waals surface area contributed by atoms with Gasteiger partial charge in [-0.1, -0.05) is 0 Å². The Morgan fingerprint density at radius 1 is 0.556 bits per heavy atom. The molecule has 0 aromatic heterocycles. The van der Waals surface area contributed by atoms with Crippen LogP contribution in [0.25, 0.3) is 21.5 Å². The zero-order valence-corrected chi connectivity index (χ0v) is 34.7. The van der Waals surface area contributed by atoms with Gasteiger partial charge in [-0.05, 0) is 65.4 Å². The van der Waals surface area contributed by atoms with E-state index in [-0.39, 0.29) is 55.8 Å². The molecule has 0 fully saturated rings. The van der Waals surface area contributed by atoms with Gasteiger partial charge in [-0.2, -0.15) is 0 Å². The lowest BCUT2D eigenvalue weighted by molar-refractivity contribution is -0.761. The van der Waals surface area contributed by atoms with Crippen LogP contribution in [-0.2, 0) is 40.5 Å². The van der Waals surface area contributed by atoms with E-state index in [1.54, 1.807) is 0 Å². The molecule has 0 aliphatic rings. The number of benzene rings is 6. The van der Waals surface area contributed by atoms with Crippen molar-refractivity contribution in [2.45, 2.75) is 19.6 Å². The first-order valence-corrected chi connectivity index (χ1v) is 22.3. The highest BCUT2D eigenvalue weighted by molar-refractivity contribution is 7.86. The van der Waals surface area contributed by atoms with Crippen molar-refractivity contribution in [3.05, 3.63) is 72.8 Å². The number of hydrogen-bond donors (Lipinski definition) is 5. The normalized spacial score (nSPS) is 13.1. The zero-order valence-electron chi connectivity index (χ0n) is 31.5. The van der Waals surface area contributed by atoms with Gasteiger partial charge in [0, 0.05) is 34.3 Å². The Bertz CT molecular complexity index is 3490. The molecule has 0 saturated carbocycles. The number of hydrogen-bond acceptors (Lipinski definition) is 23. The lowest BCUT2D eigenvalue weighted by Crippen LogP contribution is -2.03. The molecule has 0 spiro atoms. The predicted octanol–water partition coefficient (Wildman–Crippen LogP) is 4.85. The summed E-state index contributed by atoms with van der Waals surface area (Å²) >= 11 is 0. The first kappa shape index (κ1) is 45.4. The molecule has 0 amide bonds. The maximum atomic E-state index is 12.2. The summed E-state index contributed by atoms with van der Waals surface area (Å²) in [5.41, 5.74) is 8.58. The van der Waals surface area contributed by atoms with E-state index < -0.39 is 94.3 Å². The topological polar surface area (TPSA) is 425 Å². The minimum absolute atomic E-state index is 0.0123. The van der Waals surface area contributed by atoms with Gasteiger partial charge in [0.2, 0.25) is 0 Å². The highest BCUT2D eigenvalue weighted by atomic mass is 32.2. The van der Waals surface area contributed by atoms with Crippen molar-refractivity contribution in [2.24, 2.45) is 25.6 Å². The van der Waals surface area contributed by atoms with E-state index in [1.807, 2.05) is 0 Å². The third-order valence-corrected chi connectivity index (χ3v) is 12.0. The van der Waals surface area contributed by atoms with E-state index in [9.17, 15) is 67.3 Å². The van der Waals surface area contributed by atoms with Crippen molar-refractivity contribution >= 4 is 108 Å². The van der Waals surface area contributed by atoms with Gasteiger partial charge < -0.3 is 49.4 Å². The number of phenols is 2. The molecule has 330 valence electrons. The quantitative estimate of drug-likeness (QED) is 0.0360. The maximum Gasteiger partial charge on any atom is 0.293 e. The molecule has 0 aliphatic heterocycles. The Balaban J connectivity index is 1.33. The second-order valence-electron chi connectivity index (χ2n) is 12.7. The van der Waals surface area contributed by atoms with Gasteiger partial charge in [0.05, 0.1) is 45.0 Å². The highest BCUT2D eigenvalue weighted by Crippen LogP contribution is 2.47. The maximum absolute atomic E-state index is 12.2. The van der Waals surface area contributed by atoms with Crippen molar-refractivity contribution in [3.63, 3.8) is 0 Å². The Kier molecular flexibility index (Phi) is 11.7. The number of nitrogens with zero attached hydrogens (tertiary/aromatic N) is 6. The summed E-state index contributed by atoms with van der Waals surface area (Å²) < 4.78 is 153. The second-order valence-corrected chi connectivity index (χ2v) is 18.1. The zero-order chi connectivity index (χ0) is 46.6. The minimum Gasteiger partial charge on any atom is -0.744 e. The number of azo groups is 3. The van der Waals surface area contributed by atoms with E-state index in [1.165, 1.54) is 50.6 Å². The second kappa shape index (κ2) is 16.3. The molecule has 0 unspecified atom stereocenters. The van der Waals surface area contributed by atoms with E-state index >= 15 is 0 Å². The largest absolute Gasteiger partial charge is 0.744 e. The number of nitrogens with two attached hydrogens (primary N) is 2. The molecule has 25 nitrogen and oxygen atoms in total. The van der Waals surface area contributed by atoms with Crippen LogP contribution in [0.2, 0.25) is 0 Å². The molecule has 6 aromatic rings. The lowest BCUT2D eigenvalue weighted by Gasteiger charge is -2.16. The number of rotatable bonds is 12. The molecule has 0 saturated heterocycles. The molecule has 0 atom stereocenters. The minimum atomic E-state index is -5.43. The van der Waals surface area contributed by atoms with Gasteiger partial charge in [-0.15, -0.1) is 20.5 Å². The third kappa shape index (κ3) is 9.24. The van der Waals surface area contributed by atoms with E-state index in [4.69, 9.17) is 20.9 Å². The molecule has 63 heavy (non-hydrogen) atoms. The monoisotopic (exact) mass is 945 g/mol. The first-order valence-electron chi connectivity index (χ1n) is 16.6. The van der Waals surface area contributed by atoms with Gasteiger partial charge in [0.1, 0.15) is 79.5 Å². The van der Waals surface area contributed by atoms with Crippen LogP contribution in [-0.4, -0.2) is 86.4 Å². The Morgan fingerprint density at radius 2 is 0.968 bits per heavy atom. The van der Waals surface area contributed by atoms with Crippen molar-refractivity contribution < 1.29 is 81.6 Å². The Morgan fingerprint density at radius 3 is 1.37 bits per heavy atom. The molecule has 7 N–H and O–H groups in total. The van der Waals surface area contributed by atoms with Crippen molar-refractivity contribution in [1.29, 1.82) is 0 Å². The summed E-state index contributed by atoms with van der Waals surface area (Å²) in [5.74, 6) is -2.22. The summed E-state index contributed by atoms with van der Waals surface area (Å²) in [6.45, 7) is 0. The Labute approximate surface area is 354 Å². The number of methoxy groups -OCH3 is 2.